The van der Waals surface area contributed by atoms with Crippen LogP contribution in [0.25, 0.3) is 0 Å². The Morgan fingerprint density at radius 2 is 2.08 bits per heavy atom. The molecule has 0 aliphatic heterocycles. The van der Waals surface area contributed by atoms with Crippen LogP contribution in [-0.4, -0.2) is 24.0 Å². The standard InChI is InChI=1S/C16H20F2N4S.HI/c1-3-19-16(22-10-15-21-9-11(2)23-15)20-7-6-12-4-5-13(17)8-14(12)18;/h4-5,8-9H,3,6-7,10H2,1-2H3,(H2,19,20,22);1H. The van der Waals surface area contributed by atoms with E-state index in [1.54, 1.807) is 11.3 Å². The van der Waals surface area contributed by atoms with E-state index < -0.39 is 11.6 Å². The minimum absolute atomic E-state index is 0. The number of nitrogens with zero attached hydrogens (tertiary/aromatic N) is 2. The summed E-state index contributed by atoms with van der Waals surface area (Å²) in [5.41, 5.74) is 0.477. The molecule has 2 N–H and O–H groups in total. The van der Waals surface area contributed by atoms with Gasteiger partial charge in [-0.3, -0.25) is 0 Å². The first-order valence-electron chi connectivity index (χ1n) is 7.46. The molecular formula is C16H21F2IN4S. The van der Waals surface area contributed by atoms with Crippen LogP contribution in [0.5, 0.6) is 0 Å². The minimum Gasteiger partial charge on any atom is -0.357 e. The van der Waals surface area contributed by atoms with Crippen molar-refractivity contribution in [3.63, 3.8) is 0 Å². The van der Waals surface area contributed by atoms with E-state index in [-0.39, 0.29) is 24.0 Å². The van der Waals surface area contributed by atoms with E-state index in [1.165, 1.54) is 12.1 Å². The first-order chi connectivity index (χ1) is 11.1. The zero-order valence-corrected chi connectivity index (χ0v) is 16.8. The lowest BCUT2D eigenvalue weighted by molar-refractivity contribution is 0.570. The van der Waals surface area contributed by atoms with Gasteiger partial charge in [-0.25, -0.2) is 18.8 Å². The molecule has 0 radical (unpaired) electrons. The lowest BCUT2D eigenvalue weighted by Gasteiger charge is -2.11. The molecule has 8 heteroatoms. The number of aryl methyl sites for hydroxylation is 1. The van der Waals surface area contributed by atoms with Gasteiger partial charge in [0.2, 0.25) is 0 Å². The van der Waals surface area contributed by atoms with Crippen molar-refractivity contribution in [1.29, 1.82) is 0 Å². The van der Waals surface area contributed by atoms with Crippen molar-refractivity contribution in [2.75, 3.05) is 13.1 Å². The Morgan fingerprint density at radius 1 is 1.29 bits per heavy atom. The summed E-state index contributed by atoms with van der Waals surface area (Å²) in [6.07, 6.45) is 2.28. The molecule has 24 heavy (non-hydrogen) atoms. The van der Waals surface area contributed by atoms with Crippen molar-refractivity contribution >= 4 is 41.3 Å². The van der Waals surface area contributed by atoms with E-state index in [4.69, 9.17) is 0 Å². The molecule has 0 saturated carbocycles. The Bertz CT molecular complexity index is 676. The van der Waals surface area contributed by atoms with Gasteiger partial charge in [0, 0.05) is 30.2 Å². The summed E-state index contributed by atoms with van der Waals surface area (Å²) >= 11 is 1.61. The predicted molar refractivity (Wildman–Crippen MR) is 105 cm³/mol. The first-order valence-corrected chi connectivity index (χ1v) is 8.27. The number of guanidine groups is 1. The van der Waals surface area contributed by atoms with Crippen molar-refractivity contribution in [2.45, 2.75) is 26.8 Å². The van der Waals surface area contributed by atoms with Crippen LogP contribution < -0.4 is 10.6 Å². The SMILES string of the molecule is CCNC(=NCc1ncc(C)s1)NCCc1ccc(F)cc1F.I. The fourth-order valence-corrected chi connectivity index (χ4v) is 2.71. The van der Waals surface area contributed by atoms with Crippen molar-refractivity contribution in [3.05, 3.63) is 51.5 Å². The van der Waals surface area contributed by atoms with Gasteiger partial charge in [-0.05, 0) is 31.9 Å². The van der Waals surface area contributed by atoms with Crippen molar-refractivity contribution < 1.29 is 8.78 Å². The zero-order chi connectivity index (χ0) is 16.7. The highest BCUT2D eigenvalue weighted by Gasteiger charge is 2.05. The molecule has 1 heterocycles. The molecule has 0 spiro atoms. The van der Waals surface area contributed by atoms with Crippen LogP contribution in [0.2, 0.25) is 0 Å². The van der Waals surface area contributed by atoms with Crippen molar-refractivity contribution in [1.82, 2.24) is 15.6 Å². The molecule has 1 aromatic carbocycles. The van der Waals surface area contributed by atoms with Gasteiger partial charge in [-0.2, -0.15) is 0 Å². The first kappa shape index (κ1) is 20.8. The molecule has 0 aliphatic rings. The Hall–Kier alpha value is -1.29. The summed E-state index contributed by atoms with van der Waals surface area (Å²) in [5, 5.41) is 7.22. The van der Waals surface area contributed by atoms with Gasteiger partial charge in [0.25, 0.3) is 0 Å². The molecule has 0 saturated heterocycles. The van der Waals surface area contributed by atoms with Crippen LogP contribution in [0.1, 0.15) is 22.4 Å². The minimum atomic E-state index is -0.562. The quantitative estimate of drug-likeness (QED) is 0.389. The number of hydrogen-bond donors (Lipinski definition) is 2. The van der Waals surface area contributed by atoms with Gasteiger partial charge in [0.15, 0.2) is 5.96 Å². The van der Waals surface area contributed by atoms with E-state index in [1.807, 2.05) is 20.0 Å². The summed E-state index contributed by atoms with van der Waals surface area (Å²) < 4.78 is 26.4. The second-order valence-corrected chi connectivity index (χ2v) is 6.29. The molecule has 2 aromatic rings. The lowest BCUT2D eigenvalue weighted by Crippen LogP contribution is -2.38. The van der Waals surface area contributed by atoms with Gasteiger partial charge >= 0.3 is 0 Å². The summed E-state index contributed by atoms with van der Waals surface area (Å²) in [6, 6.07) is 3.64. The maximum absolute atomic E-state index is 13.6. The van der Waals surface area contributed by atoms with Crippen LogP contribution in [0.3, 0.4) is 0 Å². The van der Waals surface area contributed by atoms with Crippen molar-refractivity contribution in [3.8, 4) is 0 Å². The molecule has 0 bridgehead atoms. The predicted octanol–water partition coefficient (Wildman–Crippen LogP) is 3.65. The molecule has 0 fully saturated rings. The Morgan fingerprint density at radius 3 is 2.71 bits per heavy atom. The number of thiazole rings is 1. The maximum atomic E-state index is 13.6. The number of hydrogen-bond acceptors (Lipinski definition) is 3. The van der Waals surface area contributed by atoms with E-state index in [9.17, 15) is 8.78 Å². The van der Waals surface area contributed by atoms with E-state index in [0.29, 0.717) is 31.0 Å². The van der Waals surface area contributed by atoms with Gasteiger partial charge in [-0.15, -0.1) is 35.3 Å². The van der Waals surface area contributed by atoms with Crippen LogP contribution in [0, 0.1) is 18.6 Å². The Labute approximate surface area is 161 Å². The number of benzene rings is 1. The topological polar surface area (TPSA) is 49.3 Å². The second kappa shape index (κ2) is 10.5. The number of rotatable bonds is 6. The molecule has 0 aliphatic carbocycles. The summed E-state index contributed by atoms with van der Waals surface area (Å²) in [7, 11) is 0. The summed E-state index contributed by atoms with van der Waals surface area (Å²) in [6.45, 7) is 5.72. The van der Waals surface area contributed by atoms with Crippen LogP contribution in [-0.2, 0) is 13.0 Å². The smallest absolute Gasteiger partial charge is 0.191 e. The molecular weight excluding hydrogens is 445 g/mol. The summed E-state index contributed by atoms with van der Waals surface area (Å²) in [4.78, 5) is 9.87. The lowest BCUT2D eigenvalue weighted by atomic mass is 10.1. The van der Waals surface area contributed by atoms with Crippen LogP contribution in [0.15, 0.2) is 29.4 Å². The second-order valence-electron chi connectivity index (χ2n) is 4.97. The van der Waals surface area contributed by atoms with Crippen LogP contribution in [0.4, 0.5) is 8.78 Å². The molecule has 2 rings (SSSR count). The maximum Gasteiger partial charge on any atom is 0.191 e. The largest absolute Gasteiger partial charge is 0.357 e. The third-order valence-corrected chi connectivity index (χ3v) is 3.99. The highest BCUT2D eigenvalue weighted by atomic mass is 127. The van der Waals surface area contributed by atoms with Gasteiger partial charge in [0.05, 0.1) is 6.54 Å². The molecule has 1 aromatic heterocycles. The van der Waals surface area contributed by atoms with Crippen molar-refractivity contribution in [2.24, 2.45) is 4.99 Å². The van der Waals surface area contributed by atoms with Gasteiger partial charge in [-0.1, -0.05) is 6.07 Å². The average molecular weight is 466 g/mol. The fourth-order valence-electron chi connectivity index (χ4n) is 2.00. The Balaban J connectivity index is 0.00000288. The number of halogens is 3. The number of nitrogens with one attached hydrogen (secondary N) is 2. The number of aliphatic imine (C=N–C) groups is 1. The van der Waals surface area contributed by atoms with E-state index >= 15 is 0 Å². The molecule has 0 unspecified atom stereocenters. The van der Waals surface area contributed by atoms with Crippen LogP contribution >= 0.6 is 35.3 Å². The third-order valence-electron chi connectivity index (χ3n) is 3.09. The monoisotopic (exact) mass is 466 g/mol. The number of aromatic nitrogens is 1. The highest BCUT2D eigenvalue weighted by Crippen LogP contribution is 2.12. The zero-order valence-electron chi connectivity index (χ0n) is 13.6. The normalized spacial score (nSPS) is 11.1. The summed E-state index contributed by atoms with van der Waals surface area (Å²) in [5.74, 6) is -0.428. The van der Waals surface area contributed by atoms with E-state index in [2.05, 4.69) is 20.6 Å². The molecule has 132 valence electrons. The third kappa shape index (κ3) is 6.68. The van der Waals surface area contributed by atoms with E-state index in [0.717, 1.165) is 22.5 Å². The average Bonchev–Trinajstić information content (AvgIpc) is 2.92. The Kier molecular flexibility index (Phi) is 9.12. The molecule has 0 amide bonds. The molecule has 4 nitrogen and oxygen atoms in total. The fraction of sp³-hybridized carbons (Fsp3) is 0.375. The molecule has 0 atom stereocenters. The highest BCUT2D eigenvalue weighted by molar-refractivity contribution is 14.0. The van der Waals surface area contributed by atoms with Gasteiger partial charge < -0.3 is 10.6 Å². The van der Waals surface area contributed by atoms with Gasteiger partial charge in [0.1, 0.15) is 16.6 Å².